The Morgan fingerprint density at radius 1 is 1.08 bits per heavy atom. The van der Waals surface area contributed by atoms with E-state index in [1.54, 1.807) is 0 Å². The normalized spacial score (nSPS) is 25.5. The summed E-state index contributed by atoms with van der Waals surface area (Å²) in [5, 5.41) is 4.30. The van der Waals surface area contributed by atoms with Gasteiger partial charge in [0, 0.05) is 51.2 Å². The maximum absolute atomic E-state index is 4.50. The molecule has 0 aromatic carbocycles. The number of likely N-dealkylation sites (tertiary alicyclic amines) is 2. The Kier molecular flexibility index (Phi) is 4.37. The zero-order chi connectivity index (χ0) is 16.4. The molecule has 4 heterocycles. The Morgan fingerprint density at radius 2 is 1.96 bits per heavy atom. The van der Waals surface area contributed by atoms with Crippen LogP contribution in [0.1, 0.15) is 30.5 Å². The van der Waals surface area contributed by atoms with Crippen molar-refractivity contribution in [2.75, 3.05) is 26.2 Å². The number of pyridine rings is 1. The molecule has 1 atom stereocenters. The van der Waals surface area contributed by atoms with Gasteiger partial charge in [-0.3, -0.25) is 19.5 Å². The van der Waals surface area contributed by atoms with E-state index < -0.39 is 0 Å². The largest absolute Gasteiger partial charge is 0.298 e. The van der Waals surface area contributed by atoms with Crippen LogP contribution >= 0.6 is 0 Å². The zero-order valence-electron chi connectivity index (χ0n) is 14.6. The van der Waals surface area contributed by atoms with E-state index in [4.69, 9.17) is 0 Å². The van der Waals surface area contributed by atoms with Crippen molar-refractivity contribution in [3.63, 3.8) is 0 Å². The van der Waals surface area contributed by atoms with Crippen LogP contribution in [0.4, 0.5) is 0 Å². The molecular weight excluding hydrogens is 298 g/mol. The number of nitrogens with zero attached hydrogens (tertiary/aromatic N) is 5. The van der Waals surface area contributed by atoms with Gasteiger partial charge in [0.15, 0.2) is 0 Å². The standard InChI is InChI=1S/C19H27N5/c1-22-12-17(11-21-22)13-24-10-7-19(16-24)6-4-9-23(15-19)14-18-5-2-3-8-20-18/h2-3,5,8,11-12H,4,6-7,9-10,13-16H2,1H3. The van der Waals surface area contributed by atoms with Gasteiger partial charge in [0.25, 0.3) is 0 Å². The summed E-state index contributed by atoms with van der Waals surface area (Å²) in [4.78, 5) is 9.72. The number of rotatable bonds is 4. The molecule has 1 spiro atoms. The summed E-state index contributed by atoms with van der Waals surface area (Å²) in [5.74, 6) is 0. The van der Waals surface area contributed by atoms with Crippen LogP contribution in [0.5, 0.6) is 0 Å². The molecule has 24 heavy (non-hydrogen) atoms. The third-order valence-electron chi connectivity index (χ3n) is 5.53. The van der Waals surface area contributed by atoms with Crippen molar-refractivity contribution in [1.82, 2.24) is 24.6 Å². The molecule has 2 aliphatic heterocycles. The molecule has 2 fully saturated rings. The van der Waals surface area contributed by atoms with Gasteiger partial charge in [-0.2, -0.15) is 5.10 Å². The lowest BCUT2D eigenvalue weighted by Gasteiger charge is -2.40. The van der Waals surface area contributed by atoms with Gasteiger partial charge in [0.2, 0.25) is 0 Å². The molecule has 0 radical (unpaired) electrons. The molecule has 0 amide bonds. The van der Waals surface area contributed by atoms with Crippen molar-refractivity contribution in [1.29, 1.82) is 0 Å². The van der Waals surface area contributed by atoms with Gasteiger partial charge in [0.1, 0.15) is 0 Å². The van der Waals surface area contributed by atoms with Gasteiger partial charge in [-0.05, 0) is 49.9 Å². The highest BCUT2D eigenvalue weighted by Crippen LogP contribution is 2.39. The van der Waals surface area contributed by atoms with E-state index in [0.29, 0.717) is 5.41 Å². The predicted molar refractivity (Wildman–Crippen MR) is 94.3 cm³/mol. The zero-order valence-corrected chi connectivity index (χ0v) is 14.6. The van der Waals surface area contributed by atoms with Crippen molar-refractivity contribution in [2.24, 2.45) is 12.5 Å². The lowest BCUT2D eigenvalue weighted by molar-refractivity contribution is 0.0857. The Morgan fingerprint density at radius 3 is 2.71 bits per heavy atom. The average molecular weight is 325 g/mol. The van der Waals surface area contributed by atoms with Crippen molar-refractivity contribution >= 4 is 0 Å². The molecule has 0 N–H and O–H groups in total. The summed E-state index contributed by atoms with van der Waals surface area (Å²) in [6, 6.07) is 6.23. The fourth-order valence-electron chi connectivity index (χ4n) is 4.47. The van der Waals surface area contributed by atoms with E-state index in [0.717, 1.165) is 13.1 Å². The smallest absolute Gasteiger partial charge is 0.0543 e. The van der Waals surface area contributed by atoms with Gasteiger partial charge in [0.05, 0.1) is 11.9 Å². The number of aromatic nitrogens is 3. The Hall–Kier alpha value is -1.72. The topological polar surface area (TPSA) is 37.2 Å². The molecule has 2 saturated heterocycles. The second kappa shape index (κ2) is 6.65. The van der Waals surface area contributed by atoms with Gasteiger partial charge < -0.3 is 0 Å². The maximum atomic E-state index is 4.50. The van der Waals surface area contributed by atoms with Crippen molar-refractivity contribution in [3.8, 4) is 0 Å². The lowest BCUT2D eigenvalue weighted by atomic mass is 9.79. The van der Waals surface area contributed by atoms with Crippen LogP contribution < -0.4 is 0 Å². The minimum Gasteiger partial charge on any atom is -0.298 e. The lowest BCUT2D eigenvalue weighted by Crippen LogP contribution is -2.44. The van der Waals surface area contributed by atoms with Gasteiger partial charge in [-0.25, -0.2) is 0 Å². The highest BCUT2D eigenvalue weighted by molar-refractivity contribution is 5.07. The quantitative estimate of drug-likeness (QED) is 0.864. The van der Waals surface area contributed by atoms with Gasteiger partial charge in [-0.15, -0.1) is 0 Å². The van der Waals surface area contributed by atoms with Crippen LogP contribution in [-0.4, -0.2) is 50.7 Å². The summed E-state index contributed by atoms with van der Waals surface area (Å²) in [7, 11) is 1.99. The summed E-state index contributed by atoms with van der Waals surface area (Å²) in [6.07, 6.45) is 10.0. The predicted octanol–water partition coefficient (Wildman–Crippen LogP) is 2.30. The molecule has 5 nitrogen and oxygen atoms in total. The second-order valence-corrected chi connectivity index (χ2v) is 7.62. The van der Waals surface area contributed by atoms with E-state index in [1.807, 2.05) is 30.2 Å². The summed E-state index contributed by atoms with van der Waals surface area (Å²) in [6.45, 7) is 6.89. The first kappa shape index (κ1) is 15.8. The minimum atomic E-state index is 0.481. The van der Waals surface area contributed by atoms with Crippen molar-refractivity contribution in [3.05, 3.63) is 48.0 Å². The van der Waals surface area contributed by atoms with Crippen LogP contribution in [0.2, 0.25) is 0 Å². The summed E-state index contributed by atoms with van der Waals surface area (Å²) >= 11 is 0. The van der Waals surface area contributed by atoms with Crippen LogP contribution in [0, 0.1) is 5.41 Å². The highest BCUT2D eigenvalue weighted by Gasteiger charge is 2.41. The maximum Gasteiger partial charge on any atom is 0.0543 e. The molecule has 2 aromatic heterocycles. The SMILES string of the molecule is Cn1cc(CN2CCC3(CCCN(Cc4ccccn4)C3)C2)cn1. The van der Waals surface area contributed by atoms with Crippen molar-refractivity contribution in [2.45, 2.75) is 32.4 Å². The fourth-order valence-corrected chi connectivity index (χ4v) is 4.47. The molecule has 4 rings (SSSR count). The van der Waals surface area contributed by atoms with Gasteiger partial charge >= 0.3 is 0 Å². The molecular formula is C19H27N5. The number of hydrogen-bond acceptors (Lipinski definition) is 4. The third kappa shape index (κ3) is 3.52. The monoisotopic (exact) mass is 325 g/mol. The molecule has 0 saturated carbocycles. The van der Waals surface area contributed by atoms with Gasteiger partial charge in [-0.1, -0.05) is 6.07 Å². The molecule has 2 aromatic rings. The van der Waals surface area contributed by atoms with Crippen LogP contribution in [0.3, 0.4) is 0 Å². The van der Waals surface area contributed by atoms with Crippen molar-refractivity contribution < 1.29 is 0 Å². The third-order valence-corrected chi connectivity index (χ3v) is 5.53. The summed E-state index contributed by atoms with van der Waals surface area (Å²) < 4.78 is 1.90. The Balaban J connectivity index is 1.36. The first-order chi connectivity index (χ1) is 11.7. The molecule has 5 heteroatoms. The molecule has 2 aliphatic rings. The first-order valence-corrected chi connectivity index (χ1v) is 9.03. The van der Waals surface area contributed by atoms with E-state index in [9.17, 15) is 0 Å². The molecule has 0 aliphatic carbocycles. The molecule has 1 unspecified atom stereocenters. The van der Waals surface area contributed by atoms with E-state index in [-0.39, 0.29) is 0 Å². The number of hydrogen-bond donors (Lipinski definition) is 0. The van der Waals surface area contributed by atoms with E-state index in [1.165, 1.54) is 56.7 Å². The minimum absolute atomic E-state index is 0.481. The molecule has 0 bridgehead atoms. The number of aryl methyl sites for hydroxylation is 1. The Bertz CT molecular complexity index is 667. The summed E-state index contributed by atoms with van der Waals surface area (Å²) in [5.41, 5.74) is 3.00. The number of piperidine rings is 1. The second-order valence-electron chi connectivity index (χ2n) is 7.62. The van der Waals surface area contributed by atoms with Crippen LogP contribution in [0.15, 0.2) is 36.8 Å². The Labute approximate surface area is 144 Å². The van der Waals surface area contributed by atoms with Crippen LogP contribution in [-0.2, 0) is 20.1 Å². The average Bonchev–Trinajstić information content (AvgIpc) is 3.15. The first-order valence-electron chi connectivity index (χ1n) is 9.03. The molecule has 128 valence electrons. The van der Waals surface area contributed by atoms with Crippen LogP contribution in [0.25, 0.3) is 0 Å². The van der Waals surface area contributed by atoms with E-state index in [2.05, 4.69) is 38.2 Å². The van der Waals surface area contributed by atoms with E-state index >= 15 is 0 Å². The fraction of sp³-hybridized carbons (Fsp3) is 0.579. The highest BCUT2D eigenvalue weighted by atomic mass is 15.3.